The molecule has 0 fully saturated rings. The number of carbonyl (C=O) groups is 2. The van der Waals surface area contributed by atoms with Crippen molar-refractivity contribution in [2.24, 2.45) is 0 Å². The molecule has 4 N–H and O–H groups in total. The molecule has 6 nitrogen and oxygen atoms in total. The van der Waals surface area contributed by atoms with Gasteiger partial charge in [0, 0.05) is 18.7 Å². The number of benzene rings is 1. The molecule has 0 bridgehead atoms. The average molecular weight is 307 g/mol. The molecule has 0 saturated heterocycles. The minimum atomic E-state index is -0.200. The van der Waals surface area contributed by atoms with Gasteiger partial charge in [-0.3, -0.25) is 9.59 Å². The highest BCUT2D eigenvalue weighted by Gasteiger charge is 2.10. The molecule has 1 rings (SSSR count). The summed E-state index contributed by atoms with van der Waals surface area (Å²) in [7, 11) is 0. The third-order valence-electron chi connectivity index (χ3n) is 3.02. The topological polar surface area (TPSA) is 93.4 Å². The zero-order valence-corrected chi connectivity index (χ0v) is 13.3. The minimum absolute atomic E-state index is 0.117. The number of unbranched alkanes of at least 4 members (excludes halogenated alkanes) is 1. The number of nitrogens with two attached hydrogens (primary N) is 1. The molecule has 0 saturated carbocycles. The first-order valence-electron chi connectivity index (χ1n) is 7.65. The fourth-order valence-corrected chi connectivity index (χ4v) is 1.74. The van der Waals surface area contributed by atoms with Gasteiger partial charge in [0.2, 0.25) is 0 Å². The molecule has 0 radical (unpaired) electrons. The number of hydrogen-bond acceptors (Lipinski definition) is 4. The van der Waals surface area contributed by atoms with Crippen LogP contribution < -0.4 is 21.1 Å². The van der Waals surface area contributed by atoms with Crippen molar-refractivity contribution < 1.29 is 14.3 Å². The van der Waals surface area contributed by atoms with Gasteiger partial charge in [-0.05, 0) is 31.0 Å². The van der Waals surface area contributed by atoms with Crippen LogP contribution in [0.2, 0.25) is 0 Å². The van der Waals surface area contributed by atoms with Crippen molar-refractivity contribution in [3.63, 3.8) is 0 Å². The molecule has 0 aliphatic heterocycles. The van der Waals surface area contributed by atoms with Gasteiger partial charge in [-0.1, -0.05) is 20.3 Å². The lowest BCUT2D eigenvalue weighted by atomic mass is 10.1. The Morgan fingerprint density at radius 2 is 1.91 bits per heavy atom. The Morgan fingerprint density at radius 1 is 1.14 bits per heavy atom. The second kappa shape index (κ2) is 9.65. The van der Waals surface area contributed by atoms with E-state index < -0.39 is 0 Å². The molecular formula is C16H25N3O3. The number of ether oxygens (including phenoxy) is 1. The largest absolute Gasteiger partial charge is 0.482 e. The summed E-state index contributed by atoms with van der Waals surface area (Å²) < 4.78 is 5.41. The predicted molar refractivity (Wildman–Crippen MR) is 86.9 cm³/mol. The van der Waals surface area contributed by atoms with Gasteiger partial charge in [-0.15, -0.1) is 0 Å². The Balaban J connectivity index is 2.58. The third-order valence-corrected chi connectivity index (χ3v) is 3.02. The third kappa shape index (κ3) is 6.03. The summed E-state index contributed by atoms with van der Waals surface area (Å²) in [5.74, 6) is -0.0393. The highest BCUT2D eigenvalue weighted by atomic mass is 16.5. The molecule has 0 aliphatic rings. The maximum atomic E-state index is 11.9. The number of anilines is 1. The van der Waals surface area contributed by atoms with E-state index >= 15 is 0 Å². The van der Waals surface area contributed by atoms with E-state index in [9.17, 15) is 9.59 Å². The standard InChI is InChI=1S/C16H25N3O3/c1-3-5-9-18-15(20)11-22-14-10-12(6-7-13(14)17)16(21)19-8-4-2/h6-7,10H,3-5,8-9,11,17H2,1-2H3,(H,18,20)(H,19,21). The molecule has 122 valence electrons. The maximum absolute atomic E-state index is 11.9. The van der Waals surface area contributed by atoms with Crippen molar-refractivity contribution in [2.45, 2.75) is 33.1 Å². The first-order valence-corrected chi connectivity index (χ1v) is 7.65. The van der Waals surface area contributed by atoms with E-state index in [-0.39, 0.29) is 18.4 Å². The predicted octanol–water partition coefficient (Wildman–Crippen LogP) is 1.70. The molecule has 0 unspecified atom stereocenters. The Hall–Kier alpha value is -2.24. The van der Waals surface area contributed by atoms with E-state index in [1.165, 1.54) is 0 Å². The summed E-state index contributed by atoms with van der Waals surface area (Å²) in [4.78, 5) is 23.5. The van der Waals surface area contributed by atoms with Gasteiger partial charge >= 0.3 is 0 Å². The monoisotopic (exact) mass is 307 g/mol. The Kier molecular flexibility index (Phi) is 7.81. The normalized spacial score (nSPS) is 10.1. The molecule has 1 aromatic carbocycles. The van der Waals surface area contributed by atoms with E-state index in [0.29, 0.717) is 30.1 Å². The summed E-state index contributed by atoms with van der Waals surface area (Å²) in [6.45, 7) is 5.16. The molecule has 0 atom stereocenters. The highest BCUT2D eigenvalue weighted by Crippen LogP contribution is 2.22. The van der Waals surface area contributed by atoms with Gasteiger partial charge in [0.1, 0.15) is 5.75 Å². The highest BCUT2D eigenvalue weighted by molar-refractivity contribution is 5.95. The van der Waals surface area contributed by atoms with Crippen LogP contribution in [-0.4, -0.2) is 31.5 Å². The van der Waals surface area contributed by atoms with Crippen molar-refractivity contribution in [1.29, 1.82) is 0 Å². The number of nitrogen functional groups attached to an aromatic ring is 1. The second-order valence-corrected chi connectivity index (χ2v) is 5.00. The molecular weight excluding hydrogens is 282 g/mol. The summed E-state index contributed by atoms with van der Waals surface area (Å²) in [6, 6.07) is 4.79. The maximum Gasteiger partial charge on any atom is 0.257 e. The number of carbonyl (C=O) groups excluding carboxylic acids is 2. The Bertz CT molecular complexity index is 503. The molecule has 22 heavy (non-hydrogen) atoms. The van der Waals surface area contributed by atoms with Crippen molar-refractivity contribution in [2.75, 3.05) is 25.4 Å². The Morgan fingerprint density at radius 3 is 2.59 bits per heavy atom. The number of amides is 2. The van der Waals surface area contributed by atoms with E-state index in [4.69, 9.17) is 10.5 Å². The average Bonchev–Trinajstić information content (AvgIpc) is 2.52. The van der Waals surface area contributed by atoms with Crippen molar-refractivity contribution in [3.8, 4) is 5.75 Å². The van der Waals surface area contributed by atoms with Crippen LogP contribution in [0, 0.1) is 0 Å². The SMILES string of the molecule is CCCCNC(=O)COc1cc(C(=O)NCCC)ccc1N. The number of hydrogen-bond donors (Lipinski definition) is 3. The lowest BCUT2D eigenvalue weighted by Gasteiger charge is -2.11. The summed E-state index contributed by atoms with van der Waals surface area (Å²) in [5.41, 5.74) is 6.67. The summed E-state index contributed by atoms with van der Waals surface area (Å²) in [6.07, 6.45) is 2.81. The van der Waals surface area contributed by atoms with Gasteiger partial charge in [0.15, 0.2) is 6.61 Å². The van der Waals surface area contributed by atoms with Gasteiger partial charge in [-0.25, -0.2) is 0 Å². The zero-order chi connectivity index (χ0) is 16.4. The molecule has 1 aromatic rings. The van der Waals surface area contributed by atoms with Gasteiger partial charge in [0.25, 0.3) is 11.8 Å². The quantitative estimate of drug-likeness (QED) is 0.478. The van der Waals surface area contributed by atoms with Gasteiger partial charge < -0.3 is 21.1 Å². The Labute approximate surface area is 131 Å². The lowest BCUT2D eigenvalue weighted by Crippen LogP contribution is -2.29. The van der Waals surface area contributed by atoms with Gasteiger partial charge in [0.05, 0.1) is 5.69 Å². The molecule has 6 heteroatoms. The minimum Gasteiger partial charge on any atom is -0.482 e. The van der Waals surface area contributed by atoms with E-state index in [2.05, 4.69) is 17.6 Å². The van der Waals surface area contributed by atoms with Crippen LogP contribution in [-0.2, 0) is 4.79 Å². The van der Waals surface area contributed by atoms with Crippen LogP contribution in [0.3, 0.4) is 0 Å². The van der Waals surface area contributed by atoms with Crippen LogP contribution in [0.25, 0.3) is 0 Å². The summed E-state index contributed by atoms with van der Waals surface area (Å²) in [5, 5.41) is 5.53. The molecule has 0 spiro atoms. The van der Waals surface area contributed by atoms with Crippen LogP contribution in [0.1, 0.15) is 43.5 Å². The summed E-state index contributed by atoms with van der Waals surface area (Å²) >= 11 is 0. The molecule has 2 amide bonds. The fourth-order valence-electron chi connectivity index (χ4n) is 1.74. The number of nitrogens with one attached hydrogen (secondary N) is 2. The van der Waals surface area contributed by atoms with E-state index in [1.54, 1.807) is 18.2 Å². The van der Waals surface area contributed by atoms with Crippen LogP contribution in [0.15, 0.2) is 18.2 Å². The molecule has 0 heterocycles. The fraction of sp³-hybridized carbons (Fsp3) is 0.500. The van der Waals surface area contributed by atoms with E-state index in [1.807, 2.05) is 6.92 Å². The first kappa shape index (κ1) is 17.8. The van der Waals surface area contributed by atoms with Crippen molar-refractivity contribution in [3.05, 3.63) is 23.8 Å². The first-order chi connectivity index (χ1) is 10.6. The van der Waals surface area contributed by atoms with Crippen LogP contribution >= 0.6 is 0 Å². The van der Waals surface area contributed by atoms with Crippen molar-refractivity contribution in [1.82, 2.24) is 10.6 Å². The number of rotatable bonds is 9. The second-order valence-electron chi connectivity index (χ2n) is 5.00. The molecule has 0 aromatic heterocycles. The van der Waals surface area contributed by atoms with Crippen LogP contribution in [0.5, 0.6) is 5.75 Å². The van der Waals surface area contributed by atoms with Crippen LogP contribution in [0.4, 0.5) is 5.69 Å². The smallest absolute Gasteiger partial charge is 0.257 e. The van der Waals surface area contributed by atoms with Crippen molar-refractivity contribution >= 4 is 17.5 Å². The van der Waals surface area contributed by atoms with Gasteiger partial charge in [-0.2, -0.15) is 0 Å². The lowest BCUT2D eigenvalue weighted by molar-refractivity contribution is -0.123. The molecule has 0 aliphatic carbocycles. The zero-order valence-electron chi connectivity index (χ0n) is 13.3. The van der Waals surface area contributed by atoms with E-state index in [0.717, 1.165) is 19.3 Å².